The van der Waals surface area contributed by atoms with Crippen LogP contribution in [0.25, 0.3) is 65.9 Å². The van der Waals surface area contributed by atoms with E-state index in [4.69, 9.17) is 12.6 Å². The smallest absolute Gasteiger partial charge is 0.416 e. The highest BCUT2D eigenvalue weighted by atomic mass is 19.4. The summed E-state index contributed by atoms with van der Waals surface area (Å²) in [6.07, 6.45) is -3.66. The topological polar surface area (TPSA) is 26.0 Å². The van der Waals surface area contributed by atoms with Crippen LogP contribution in [0.2, 0.25) is 0 Å². The fourth-order valence-corrected chi connectivity index (χ4v) is 5.33. The summed E-state index contributed by atoms with van der Waals surface area (Å²) in [6.45, 7) is -5.70. The third-order valence-corrected chi connectivity index (χ3v) is 7.19. The molecule has 39 heavy (non-hydrogen) atoms. The molecule has 2 heterocycles. The van der Waals surface area contributed by atoms with E-state index in [9.17, 15) is 13.2 Å². The minimum atomic E-state index is -4.79. The molecular weight excluding hydrogens is 495 g/mol. The van der Waals surface area contributed by atoms with Crippen LogP contribution in [-0.2, 0) is 6.18 Å². The van der Waals surface area contributed by atoms with Gasteiger partial charge in [0.1, 0.15) is 11.2 Å². The van der Waals surface area contributed by atoms with E-state index < -0.39 is 31.0 Å². The number of para-hydroxylation sites is 1. The molecule has 0 N–H and O–H groups in total. The Morgan fingerprint density at radius 1 is 0.667 bits per heavy atom. The van der Waals surface area contributed by atoms with Gasteiger partial charge in [-0.05, 0) is 82.4 Å². The zero-order chi connectivity index (χ0) is 31.9. The lowest BCUT2D eigenvalue weighted by Crippen LogP contribution is -2.05. The lowest BCUT2D eigenvalue weighted by atomic mass is 9.94. The Hall–Kier alpha value is -4.64. The van der Waals surface area contributed by atoms with E-state index >= 15 is 0 Å². The molecule has 0 fully saturated rings. The fourth-order valence-electron chi connectivity index (χ4n) is 5.33. The second kappa shape index (κ2) is 8.43. The molecule has 0 unspecified atom stereocenters. The average Bonchev–Trinajstić information content (AvgIpc) is 3.38. The van der Waals surface area contributed by atoms with Crippen molar-refractivity contribution in [1.82, 2.24) is 4.98 Å². The molecule has 5 aromatic carbocycles. The van der Waals surface area contributed by atoms with Crippen LogP contribution in [0.15, 0.2) is 102 Å². The highest BCUT2D eigenvalue weighted by molar-refractivity contribution is 6.23. The summed E-state index contributed by atoms with van der Waals surface area (Å²) in [7, 11) is 0. The van der Waals surface area contributed by atoms with Crippen molar-refractivity contribution in [2.45, 2.75) is 19.9 Å². The Bertz CT molecular complexity index is 2300. The largest absolute Gasteiger partial charge is 0.455 e. The second-order valence-corrected chi connectivity index (χ2v) is 9.48. The molecule has 190 valence electrons. The first-order valence-corrected chi connectivity index (χ1v) is 12.2. The molecule has 0 amide bonds. The molecular formula is C34H22F3NO. The molecule has 7 aromatic rings. The van der Waals surface area contributed by atoms with Gasteiger partial charge in [0.15, 0.2) is 0 Å². The molecule has 0 aliphatic carbocycles. The number of halogens is 3. The predicted octanol–water partition coefficient (Wildman–Crippen LogP) is 10.3. The Morgan fingerprint density at radius 3 is 2.28 bits per heavy atom. The summed E-state index contributed by atoms with van der Waals surface area (Å²) in [5.74, 6) is 0. The summed E-state index contributed by atoms with van der Waals surface area (Å²) in [4.78, 5) is 4.44. The number of alkyl halides is 3. The van der Waals surface area contributed by atoms with Gasteiger partial charge in [-0.2, -0.15) is 13.2 Å². The summed E-state index contributed by atoms with van der Waals surface area (Å²) < 4.78 is 95.6. The summed E-state index contributed by atoms with van der Waals surface area (Å²) >= 11 is 0. The molecule has 0 saturated carbocycles. The van der Waals surface area contributed by atoms with E-state index in [-0.39, 0.29) is 22.4 Å². The van der Waals surface area contributed by atoms with Crippen molar-refractivity contribution in [3.05, 3.63) is 114 Å². The monoisotopic (exact) mass is 523 g/mol. The zero-order valence-corrected chi connectivity index (χ0v) is 20.2. The van der Waals surface area contributed by atoms with Crippen LogP contribution >= 0.6 is 0 Å². The molecule has 5 heteroatoms. The minimum absolute atomic E-state index is 0.0515. The van der Waals surface area contributed by atoms with Gasteiger partial charge in [-0.15, -0.1) is 0 Å². The highest BCUT2D eigenvalue weighted by Gasteiger charge is 2.30. The normalized spacial score (nSPS) is 15.2. The Balaban J connectivity index is 1.51. The first-order valence-electron chi connectivity index (χ1n) is 15.2. The van der Waals surface area contributed by atoms with Gasteiger partial charge in [0.2, 0.25) is 0 Å². The summed E-state index contributed by atoms with van der Waals surface area (Å²) in [5, 5.41) is 5.64. The van der Waals surface area contributed by atoms with Crippen molar-refractivity contribution in [2.75, 3.05) is 0 Å². The van der Waals surface area contributed by atoms with Crippen LogP contribution in [0, 0.1) is 13.7 Å². The number of furan rings is 1. The molecule has 0 atom stereocenters. The van der Waals surface area contributed by atoms with Gasteiger partial charge in [0, 0.05) is 36.1 Å². The molecule has 0 bridgehead atoms. The van der Waals surface area contributed by atoms with Crippen molar-refractivity contribution in [3.8, 4) is 22.4 Å². The van der Waals surface area contributed by atoms with Crippen LogP contribution in [0.5, 0.6) is 0 Å². The predicted molar refractivity (Wildman–Crippen MR) is 152 cm³/mol. The van der Waals surface area contributed by atoms with Crippen molar-refractivity contribution >= 4 is 43.5 Å². The Labute approximate surface area is 230 Å². The first-order chi connectivity index (χ1) is 21.2. The number of hydrogen-bond donors (Lipinski definition) is 0. The van der Waals surface area contributed by atoms with Crippen molar-refractivity contribution in [2.24, 2.45) is 0 Å². The quantitative estimate of drug-likeness (QED) is 0.211. The third-order valence-electron chi connectivity index (χ3n) is 7.19. The van der Waals surface area contributed by atoms with E-state index in [1.165, 1.54) is 6.07 Å². The van der Waals surface area contributed by atoms with Crippen LogP contribution in [0.3, 0.4) is 0 Å². The molecule has 0 radical (unpaired) electrons. The van der Waals surface area contributed by atoms with Gasteiger partial charge < -0.3 is 4.42 Å². The van der Waals surface area contributed by atoms with E-state index in [1.54, 1.807) is 6.07 Å². The molecule has 0 aliphatic rings. The summed E-state index contributed by atoms with van der Waals surface area (Å²) in [6, 6.07) is 25.2. The molecule has 2 nitrogen and oxygen atoms in total. The Morgan fingerprint density at radius 2 is 1.44 bits per heavy atom. The molecule has 0 aliphatic heterocycles. The van der Waals surface area contributed by atoms with Gasteiger partial charge in [-0.3, -0.25) is 4.98 Å². The summed E-state index contributed by atoms with van der Waals surface area (Å²) in [5.41, 5.74) is -0.308. The zero-order valence-electron chi connectivity index (χ0n) is 26.2. The van der Waals surface area contributed by atoms with E-state index in [0.717, 1.165) is 50.6 Å². The molecule has 0 saturated heterocycles. The first kappa shape index (κ1) is 17.8. The number of aryl methyl sites for hydroxylation is 2. The molecule has 2 aromatic heterocycles. The SMILES string of the molecule is [2H]C([2H])([2H])c1cnc(-c2cccc3c2oc2c3ccc3ccc4ccccc4c32)cc1-c1ccc(C(F)(F)F)cc1C([2H])([2H])[2H]. The maximum atomic E-state index is 13.6. The van der Waals surface area contributed by atoms with Gasteiger partial charge in [-0.1, -0.05) is 60.7 Å². The Kier molecular flexibility index (Phi) is 3.85. The number of pyridine rings is 1. The standard InChI is InChI=1S/C34H22F3NO/c1-19-16-23(34(35,36)37)13-15-24(19)29-17-30(38-18-20(29)2)28-9-5-8-26-27-14-12-22-11-10-21-6-3-4-7-25(21)31(22)33(27)39-32(26)28/h3-18H,1-2H3/i1D3,2D3. The van der Waals surface area contributed by atoms with Gasteiger partial charge in [-0.25, -0.2) is 0 Å². The molecule has 7 rings (SSSR count). The van der Waals surface area contributed by atoms with Gasteiger partial charge >= 0.3 is 6.18 Å². The number of hydrogen-bond acceptors (Lipinski definition) is 2. The van der Waals surface area contributed by atoms with E-state index in [2.05, 4.69) is 4.98 Å². The van der Waals surface area contributed by atoms with Crippen LogP contribution < -0.4 is 0 Å². The van der Waals surface area contributed by atoms with Crippen molar-refractivity contribution in [3.63, 3.8) is 0 Å². The van der Waals surface area contributed by atoms with E-state index in [0.29, 0.717) is 22.8 Å². The third kappa shape index (κ3) is 3.68. The fraction of sp³-hybridized carbons (Fsp3) is 0.0882. The van der Waals surface area contributed by atoms with Crippen molar-refractivity contribution < 1.29 is 25.8 Å². The minimum Gasteiger partial charge on any atom is -0.455 e. The van der Waals surface area contributed by atoms with Crippen LogP contribution in [0.4, 0.5) is 13.2 Å². The maximum Gasteiger partial charge on any atom is 0.416 e. The van der Waals surface area contributed by atoms with Crippen molar-refractivity contribution in [1.29, 1.82) is 0 Å². The molecule has 0 spiro atoms. The number of aromatic nitrogens is 1. The number of benzene rings is 5. The van der Waals surface area contributed by atoms with Gasteiger partial charge in [0.25, 0.3) is 0 Å². The highest BCUT2D eigenvalue weighted by Crippen LogP contribution is 2.41. The number of fused-ring (bicyclic) bond motifs is 7. The van der Waals surface area contributed by atoms with Crippen LogP contribution in [0.1, 0.15) is 24.9 Å². The average molecular weight is 524 g/mol. The number of rotatable bonds is 2. The lowest BCUT2D eigenvalue weighted by molar-refractivity contribution is -0.137. The van der Waals surface area contributed by atoms with E-state index in [1.807, 2.05) is 60.7 Å². The maximum absolute atomic E-state index is 13.6. The van der Waals surface area contributed by atoms with Gasteiger partial charge in [0.05, 0.1) is 11.3 Å². The second-order valence-electron chi connectivity index (χ2n) is 9.48. The van der Waals surface area contributed by atoms with Crippen LogP contribution in [-0.4, -0.2) is 4.98 Å². The lowest BCUT2D eigenvalue weighted by Gasteiger charge is -2.14. The number of nitrogens with zero attached hydrogens (tertiary/aromatic N) is 1.